The Hall–Kier alpha value is -1.55. The van der Waals surface area contributed by atoms with Gasteiger partial charge in [0, 0.05) is 19.5 Å². The fraction of sp³-hybridized carbons (Fsp3) is 0.588. The van der Waals surface area contributed by atoms with Crippen LogP contribution in [-0.4, -0.2) is 43.6 Å². The van der Waals surface area contributed by atoms with E-state index >= 15 is 0 Å². The summed E-state index contributed by atoms with van der Waals surface area (Å²) in [4.78, 5) is 13.7. The van der Waals surface area contributed by atoms with Crippen LogP contribution in [0.4, 0.5) is 0 Å². The van der Waals surface area contributed by atoms with Gasteiger partial charge in [-0.1, -0.05) is 25.1 Å². The molecule has 0 spiro atoms. The second-order valence-corrected chi connectivity index (χ2v) is 5.60. The molecule has 0 aliphatic carbocycles. The number of amides is 1. The number of hydrogen-bond donors (Lipinski definition) is 1. The van der Waals surface area contributed by atoms with Crippen LogP contribution in [-0.2, 0) is 4.79 Å². The zero-order chi connectivity index (χ0) is 14.9. The number of nitrogens with one attached hydrogen (secondary N) is 1. The van der Waals surface area contributed by atoms with Crippen molar-refractivity contribution >= 4 is 5.91 Å². The lowest BCUT2D eigenvalue weighted by molar-refractivity contribution is -0.121. The molecular weight excluding hydrogens is 264 g/mol. The lowest BCUT2D eigenvalue weighted by Crippen LogP contribution is -2.40. The van der Waals surface area contributed by atoms with E-state index in [-0.39, 0.29) is 5.91 Å². The molecular formula is C17H26N2O2. The highest BCUT2D eigenvalue weighted by molar-refractivity contribution is 5.75. The van der Waals surface area contributed by atoms with E-state index < -0.39 is 0 Å². The number of rotatable bonds is 7. The van der Waals surface area contributed by atoms with Crippen LogP contribution in [0.2, 0.25) is 0 Å². The maximum Gasteiger partial charge on any atom is 0.219 e. The number of para-hydroxylation sites is 1. The molecule has 0 atom stereocenters. The van der Waals surface area contributed by atoms with Crippen molar-refractivity contribution in [3.05, 3.63) is 30.3 Å². The van der Waals surface area contributed by atoms with Crippen molar-refractivity contribution in [3.63, 3.8) is 0 Å². The average molecular weight is 290 g/mol. The van der Waals surface area contributed by atoms with Gasteiger partial charge in [0.2, 0.25) is 5.91 Å². The van der Waals surface area contributed by atoms with Crippen LogP contribution in [0.1, 0.15) is 26.2 Å². The van der Waals surface area contributed by atoms with Crippen molar-refractivity contribution in [2.24, 2.45) is 5.92 Å². The highest BCUT2D eigenvalue weighted by Crippen LogP contribution is 2.16. The summed E-state index contributed by atoms with van der Waals surface area (Å²) in [6, 6.07) is 9.96. The van der Waals surface area contributed by atoms with E-state index in [2.05, 4.69) is 10.2 Å². The van der Waals surface area contributed by atoms with E-state index in [4.69, 9.17) is 4.74 Å². The molecule has 1 aromatic rings. The highest BCUT2D eigenvalue weighted by atomic mass is 16.5. The molecule has 1 aliphatic rings. The van der Waals surface area contributed by atoms with Crippen molar-refractivity contribution in [1.29, 1.82) is 0 Å². The minimum absolute atomic E-state index is 0.161. The van der Waals surface area contributed by atoms with Gasteiger partial charge in [-0.3, -0.25) is 9.69 Å². The van der Waals surface area contributed by atoms with Gasteiger partial charge in [0.1, 0.15) is 12.4 Å². The van der Waals surface area contributed by atoms with Gasteiger partial charge >= 0.3 is 0 Å². The van der Waals surface area contributed by atoms with Gasteiger partial charge < -0.3 is 10.1 Å². The second kappa shape index (κ2) is 8.67. The van der Waals surface area contributed by atoms with E-state index in [1.54, 1.807) is 0 Å². The van der Waals surface area contributed by atoms with Crippen molar-refractivity contribution in [2.75, 3.05) is 32.8 Å². The Bertz CT molecular complexity index is 414. The Balaban J connectivity index is 1.58. The molecule has 1 N–H and O–H groups in total. The van der Waals surface area contributed by atoms with Crippen LogP contribution in [0.25, 0.3) is 0 Å². The third-order valence-corrected chi connectivity index (χ3v) is 4.04. The summed E-state index contributed by atoms with van der Waals surface area (Å²) < 4.78 is 5.73. The number of benzene rings is 1. The standard InChI is InChI=1S/C17H26N2O2/c1-2-17(20)18-14-15-8-10-19(11-9-15)12-13-21-16-6-4-3-5-7-16/h3-7,15H,2,8-14H2,1H3,(H,18,20). The topological polar surface area (TPSA) is 41.6 Å². The van der Waals surface area contributed by atoms with E-state index in [9.17, 15) is 4.79 Å². The predicted octanol–water partition coefficient (Wildman–Crippen LogP) is 2.30. The Morgan fingerprint density at radius 2 is 2.00 bits per heavy atom. The number of nitrogens with zero attached hydrogens (tertiary/aromatic N) is 1. The fourth-order valence-corrected chi connectivity index (χ4v) is 2.61. The van der Waals surface area contributed by atoms with E-state index in [1.165, 1.54) is 0 Å². The van der Waals surface area contributed by atoms with Crippen molar-refractivity contribution in [1.82, 2.24) is 10.2 Å². The molecule has 4 heteroatoms. The third-order valence-electron chi connectivity index (χ3n) is 4.04. The smallest absolute Gasteiger partial charge is 0.219 e. The molecule has 21 heavy (non-hydrogen) atoms. The number of carbonyl (C=O) groups is 1. The zero-order valence-corrected chi connectivity index (χ0v) is 12.9. The molecule has 1 amide bonds. The first-order valence-electron chi connectivity index (χ1n) is 7.95. The molecule has 0 unspecified atom stereocenters. The molecule has 0 aromatic heterocycles. The van der Waals surface area contributed by atoms with E-state index in [0.717, 1.165) is 51.4 Å². The summed E-state index contributed by atoms with van der Waals surface area (Å²) in [7, 11) is 0. The maximum absolute atomic E-state index is 11.3. The Morgan fingerprint density at radius 1 is 1.29 bits per heavy atom. The number of likely N-dealkylation sites (tertiary alicyclic amines) is 1. The monoisotopic (exact) mass is 290 g/mol. The summed E-state index contributed by atoms with van der Waals surface area (Å²) in [5, 5.41) is 3.00. The van der Waals surface area contributed by atoms with Crippen molar-refractivity contribution in [3.8, 4) is 5.75 Å². The van der Waals surface area contributed by atoms with E-state index in [1.807, 2.05) is 37.3 Å². The molecule has 1 aromatic carbocycles. The molecule has 1 heterocycles. The van der Waals surface area contributed by atoms with Crippen LogP contribution in [0, 0.1) is 5.92 Å². The van der Waals surface area contributed by atoms with Gasteiger partial charge in [-0.15, -0.1) is 0 Å². The Morgan fingerprint density at radius 3 is 2.67 bits per heavy atom. The van der Waals surface area contributed by atoms with Crippen LogP contribution < -0.4 is 10.1 Å². The molecule has 0 radical (unpaired) electrons. The third kappa shape index (κ3) is 5.76. The number of carbonyl (C=O) groups excluding carboxylic acids is 1. The quantitative estimate of drug-likeness (QED) is 0.838. The number of piperidine rings is 1. The second-order valence-electron chi connectivity index (χ2n) is 5.60. The summed E-state index contributed by atoms with van der Waals surface area (Å²) in [6.45, 7) is 6.64. The van der Waals surface area contributed by atoms with Gasteiger partial charge in [0.05, 0.1) is 0 Å². The predicted molar refractivity (Wildman–Crippen MR) is 84.4 cm³/mol. The van der Waals surface area contributed by atoms with Crippen molar-refractivity contribution in [2.45, 2.75) is 26.2 Å². The minimum atomic E-state index is 0.161. The molecule has 1 saturated heterocycles. The molecule has 2 rings (SSSR count). The summed E-state index contributed by atoms with van der Waals surface area (Å²) >= 11 is 0. The lowest BCUT2D eigenvalue weighted by Gasteiger charge is -2.31. The summed E-state index contributed by atoms with van der Waals surface area (Å²) in [5.74, 6) is 1.73. The summed E-state index contributed by atoms with van der Waals surface area (Å²) in [5.41, 5.74) is 0. The highest BCUT2D eigenvalue weighted by Gasteiger charge is 2.19. The van der Waals surface area contributed by atoms with Gasteiger partial charge in [0.15, 0.2) is 0 Å². The minimum Gasteiger partial charge on any atom is -0.492 e. The lowest BCUT2D eigenvalue weighted by atomic mass is 9.97. The normalized spacial score (nSPS) is 16.6. The van der Waals surface area contributed by atoms with Crippen LogP contribution in [0.3, 0.4) is 0 Å². The largest absolute Gasteiger partial charge is 0.492 e. The molecule has 0 bridgehead atoms. The van der Waals surface area contributed by atoms with Crippen molar-refractivity contribution < 1.29 is 9.53 Å². The first kappa shape index (κ1) is 15.8. The first-order chi connectivity index (χ1) is 10.3. The Labute approximate surface area is 127 Å². The SMILES string of the molecule is CCC(=O)NCC1CCN(CCOc2ccccc2)CC1. The van der Waals surface area contributed by atoms with Crippen LogP contribution in [0.5, 0.6) is 5.75 Å². The molecule has 1 aliphatic heterocycles. The Kier molecular flexibility index (Phi) is 6.54. The molecule has 4 nitrogen and oxygen atoms in total. The maximum atomic E-state index is 11.3. The van der Waals surface area contributed by atoms with E-state index in [0.29, 0.717) is 12.3 Å². The fourth-order valence-electron chi connectivity index (χ4n) is 2.61. The zero-order valence-electron chi connectivity index (χ0n) is 12.9. The molecule has 116 valence electrons. The number of ether oxygens (including phenoxy) is 1. The van der Waals surface area contributed by atoms with Crippen LogP contribution in [0.15, 0.2) is 30.3 Å². The van der Waals surface area contributed by atoms with Gasteiger partial charge in [-0.2, -0.15) is 0 Å². The number of hydrogen-bond acceptors (Lipinski definition) is 3. The average Bonchev–Trinajstić information content (AvgIpc) is 2.55. The van der Waals surface area contributed by atoms with Gasteiger partial charge in [-0.05, 0) is 44.0 Å². The summed E-state index contributed by atoms with van der Waals surface area (Å²) in [6.07, 6.45) is 2.90. The first-order valence-corrected chi connectivity index (χ1v) is 7.95. The van der Waals surface area contributed by atoms with Gasteiger partial charge in [0.25, 0.3) is 0 Å². The van der Waals surface area contributed by atoms with Crippen LogP contribution >= 0.6 is 0 Å². The molecule has 0 saturated carbocycles. The molecule has 1 fully saturated rings. The van der Waals surface area contributed by atoms with Gasteiger partial charge in [-0.25, -0.2) is 0 Å².